The molecule has 0 fully saturated rings. The minimum Gasteiger partial charge on any atom is -0.495 e. The lowest BCUT2D eigenvalue weighted by molar-refractivity contribution is 0.414. The maximum absolute atomic E-state index is 13.9. The molecule has 0 radical (unpaired) electrons. The number of nitrogens with two attached hydrogens (primary N) is 1. The van der Waals surface area contributed by atoms with Gasteiger partial charge in [-0.05, 0) is 18.2 Å². The molecule has 3 aromatic rings. The molecule has 0 spiro atoms. The number of aromatic nitrogens is 1. The third kappa shape index (κ3) is 2.44. The molecule has 102 valence electrons. The number of anilines is 1. The summed E-state index contributed by atoms with van der Waals surface area (Å²) in [4.78, 5) is 4.92. The van der Waals surface area contributed by atoms with E-state index in [1.54, 1.807) is 6.07 Å². The number of halogens is 1. The predicted molar refractivity (Wildman–Crippen MR) is 81.1 cm³/mol. The highest BCUT2D eigenvalue weighted by Crippen LogP contribution is 2.38. The smallest absolute Gasteiger partial charge is 0.156 e. The van der Waals surface area contributed by atoms with E-state index in [0.29, 0.717) is 16.3 Å². The van der Waals surface area contributed by atoms with E-state index in [-0.39, 0.29) is 5.82 Å². The second kappa shape index (κ2) is 5.30. The Balaban J connectivity index is 1.98. The van der Waals surface area contributed by atoms with Crippen molar-refractivity contribution in [3.8, 4) is 5.75 Å². The zero-order valence-electron chi connectivity index (χ0n) is 10.6. The highest BCUT2D eigenvalue weighted by molar-refractivity contribution is 8.01. The highest BCUT2D eigenvalue weighted by Gasteiger charge is 2.12. The number of para-hydroxylation sites is 1. The van der Waals surface area contributed by atoms with Gasteiger partial charge in [0.1, 0.15) is 11.6 Å². The summed E-state index contributed by atoms with van der Waals surface area (Å²) in [5.41, 5.74) is 6.88. The second-order valence-electron chi connectivity index (χ2n) is 4.07. The van der Waals surface area contributed by atoms with Crippen molar-refractivity contribution in [2.75, 3.05) is 12.8 Å². The SMILES string of the molecule is COc1cc(Sc2nc3ccccc3s2)c(F)cc1N. The van der Waals surface area contributed by atoms with Crippen LogP contribution in [-0.2, 0) is 0 Å². The Bertz CT molecular complexity index is 740. The Morgan fingerprint density at radius 3 is 2.85 bits per heavy atom. The molecule has 3 rings (SSSR count). The van der Waals surface area contributed by atoms with Crippen molar-refractivity contribution >= 4 is 39.0 Å². The topological polar surface area (TPSA) is 48.1 Å². The van der Waals surface area contributed by atoms with Crippen LogP contribution in [0.15, 0.2) is 45.6 Å². The fraction of sp³-hybridized carbons (Fsp3) is 0.0714. The number of hydrogen-bond donors (Lipinski definition) is 1. The number of nitrogen functional groups attached to an aromatic ring is 1. The molecule has 0 saturated carbocycles. The third-order valence-electron chi connectivity index (χ3n) is 2.76. The lowest BCUT2D eigenvalue weighted by atomic mass is 10.3. The summed E-state index contributed by atoms with van der Waals surface area (Å²) in [6.45, 7) is 0. The Kier molecular flexibility index (Phi) is 3.50. The van der Waals surface area contributed by atoms with Crippen LogP contribution in [0.4, 0.5) is 10.1 Å². The number of rotatable bonds is 3. The van der Waals surface area contributed by atoms with Gasteiger partial charge in [0.15, 0.2) is 4.34 Å². The van der Waals surface area contributed by atoms with E-state index in [0.717, 1.165) is 14.6 Å². The predicted octanol–water partition coefficient (Wildman–Crippen LogP) is 4.18. The summed E-state index contributed by atoms with van der Waals surface area (Å²) in [6.07, 6.45) is 0. The summed E-state index contributed by atoms with van der Waals surface area (Å²) >= 11 is 2.81. The van der Waals surface area contributed by atoms with Gasteiger partial charge in [-0.15, -0.1) is 11.3 Å². The molecule has 3 nitrogen and oxygen atoms in total. The van der Waals surface area contributed by atoms with Gasteiger partial charge in [-0.25, -0.2) is 9.37 Å². The molecule has 1 heterocycles. The van der Waals surface area contributed by atoms with Gasteiger partial charge >= 0.3 is 0 Å². The number of benzene rings is 2. The first-order valence-corrected chi connectivity index (χ1v) is 7.47. The van der Waals surface area contributed by atoms with Crippen LogP contribution in [0.25, 0.3) is 10.2 Å². The summed E-state index contributed by atoms with van der Waals surface area (Å²) in [6, 6.07) is 10.7. The average Bonchev–Trinajstić information content (AvgIpc) is 2.84. The first kappa shape index (κ1) is 13.2. The van der Waals surface area contributed by atoms with Gasteiger partial charge in [-0.3, -0.25) is 0 Å². The third-order valence-corrected chi connectivity index (χ3v) is 4.89. The standard InChI is InChI=1S/C14H11FN2OS2/c1-18-11-7-13(8(15)6-9(11)16)20-14-17-10-4-2-3-5-12(10)19-14/h2-7H,16H2,1H3. The molecule has 2 aromatic carbocycles. The van der Waals surface area contributed by atoms with E-state index >= 15 is 0 Å². The van der Waals surface area contributed by atoms with Crippen molar-refractivity contribution in [1.29, 1.82) is 0 Å². The van der Waals surface area contributed by atoms with Crippen LogP contribution < -0.4 is 10.5 Å². The molecule has 0 atom stereocenters. The van der Waals surface area contributed by atoms with Gasteiger partial charge in [0.25, 0.3) is 0 Å². The number of hydrogen-bond acceptors (Lipinski definition) is 5. The van der Waals surface area contributed by atoms with E-state index in [9.17, 15) is 4.39 Å². The summed E-state index contributed by atoms with van der Waals surface area (Å²) in [5.74, 6) is 0.0996. The van der Waals surface area contributed by atoms with Crippen molar-refractivity contribution < 1.29 is 9.13 Å². The summed E-state index contributed by atoms with van der Waals surface area (Å²) in [7, 11) is 1.51. The normalized spacial score (nSPS) is 10.9. The first-order chi connectivity index (χ1) is 9.67. The molecular weight excluding hydrogens is 295 g/mol. The molecule has 0 bridgehead atoms. The molecule has 2 N–H and O–H groups in total. The molecule has 0 unspecified atom stereocenters. The number of methoxy groups -OCH3 is 1. The Hall–Kier alpha value is -1.79. The Labute approximate surface area is 123 Å². The minimum atomic E-state index is -0.368. The molecule has 0 aliphatic carbocycles. The molecule has 0 saturated heterocycles. The van der Waals surface area contributed by atoms with E-state index < -0.39 is 0 Å². The van der Waals surface area contributed by atoms with Gasteiger partial charge in [0, 0.05) is 6.07 Å². The van der Waals surface area contributed by atoms with E-state index in [2.05, 4.69) is 4.98 Å². The van der Waals surface area contributed by atoms with E-state index in [1.165, 1.54) is 36.3 Å². The van der Waals surface area contributed by atoms with Gasteiger partial charge in [0.2, 0.25) is 0 Å². The number of thiazole rings is 1. The molecule has 0 amide bonds. The van der Waals surface area contributed by atoms with Crippen LogP contribution in [0, 0.1) is 5.82 Å². The largest absolute Gasteiger partial charge is 0.495 e. The van der Waals surface area contributed by atoms with E-state index in [4.69, 9.17) is 10.5 Å². The van der Waals surface area contributed by atoms with Crippen molar-refractivity contribution in [3.05, 3.63) is 42.2 Å². The van der Waals surface area contributed by atoms with Crippen molar-refractivity contribution in [2.24, 2.45) is 0 Å². The van der Waals surface area contributed by atoms with Gasteiger partial charge in [-0.2, -0.15) is 0 Å². The maximum atomic E-state index is 13.9. The van der Waals surface area contributed by atoms with Gasteiger partial charge in [0.05, 0.1) is 27.9 Å². The molecule has 20 heavy (non-hydrogen) atoms. The fourth-order valence-electron chi connectivity index (χ4n) is 1.79. The lowest BCUT2D eigenvalue weighted by Gasteiger charge is -2.07. The van der Waals surface area contributed by atoms with Crippen molar-refractivity contribution in [2.45, 2.75) is 9.24 Å². The number of ether oxygens (including phenoxy) is 1. The van der Waals surface area contributed by atoms with Gasteiger partial charge in [-0.1, -0.05) is 23.9 Å². The molecule has 6 heteroatoms. The number of fused-ring (bicyclic) bond motifs is 1. The van der Waals surface area contributed by atoms with Crippen LogP contribution in [0.5, 0.6) is 5.75 Å². The quantitative estimate of drug-likeness (QED) is 0.738. The van der Waals surface area contributed by atoms with Crippen molar-refractivity contribution in [3.63, 3.8) is 0 Å². The zero-order valence-corrected chi connectivity index (χ0v) is 12.2. The lowest BCUT2D eigenvalue weighted by Crippen LogP contribution is -1.94. The molecule has 0 aliphatic heterocycles. The van der Waals surface area contributed by atoms with Crippen LogP contribution in [0.2, 0.25) is 0 Å². The number of nitrogens with zero attached hydrogens (tertiary/aromatic N) is 1. The van der Waals surface area contributed by atoms with Crippen LogP contribution in [-0.4, -0.2) is 12.1 Å². The van der Waals surface area contributed by atoms with Gasteiger partial charge < -0.3 is 10.5 Å². The monoisotopic (exact) mass is 306 g/mol. The van der Waals surface area contributed by atoms with Crippen molar-refractivity contribution in [1.82, 2.24) is 4.98 Å². The fourth-order valence-corrected chi connectivity index (χ4v) is 3.85. The highest BCUT2D eigenvalue weighted by atomic mass is 32.2. The molecule has 1 aromatic heterocycles. The minimum absolute atomic E-state index is 0.290. The second-order valence-corrected chi connectivity index (χ2v) is 6.39. The summed E-state index contributed by atoms with van der Waals surface area (Å²) < 4.78 is 20.9. The van der Waals surface area contributed by atoms with E-state index in [1.807, 2.05) is 24.3 Å². The summed E-state index contributed by atoms with van der Waals surface area (Å²) in [5, 5.41) is 0. The molecular formula is C14H11FN2OS2. The zero-order chi connectivity index (χ0) is 14.1. The van der Waals surface area contributed by atoms with Crippen LogP contribution in [0.1, 0.15) is 0 Å². The molecule has 0 aliphatic rings. The Morgan fingerprint density at radius 2 is 2.10 bits per heavy atom. The van der Waals surface area contributed by atoms with Crippen LogP contribution >= 0.6 is 23.1 Å². The maximum Gasteiger partial charge on any atom is 0.156 e. The first-order valence-electron chi connectivity index (χ1n) is 5.84. The Morgan fingerprint density at radius 1 is 1.30 bits per heavy atom. The average molecular weight is 306 g/mol. The van der Waals surface area contributed by atoms with Crippen LogP contribution in [0.3, 0.4) is 0 Å².